The molecule has 2 aromatic heterocycles. The van der Waals surface area contributed by atoms with Crippen molar-refractivity contribution in [2.24, 2.45) is 5.73 Å². The fourth-order valence-electron chi connectivity index (χ4n) is 1.87. The number of pyridine rings is 1. The summed E-state index contributed by atoms with van der Waals surface area (Å²) in [5, 5.41) is 7.88. The van der Waals surface area contributed by atoms with Gasteiger partial charge in [-0.3, -0.25) is 14.9 Å². The van der Waals surface area contributed by atoms with Crippen LogP contribution in [0.4, 0.5) is 0 Å². The summed E-state index contributed by atoms with van der Waals surface area (Å²) in [5.41, 5.74) is 8.36. The van der Waals surface area contributed by atoms with Gasteiger partial charge in [0.15, 0.2) is 0 Å². The molecule has 0 bridgehead atoms. The number of aromatic nitrogens is 3. The minimum atomic E-state index is -0.527. The largest absolute Gasteiger partial charge is 0.364 e. The predicted octanol–water partition coefficient (Wildman–Crippen LogP) is 1.72. The molecule has 18 heavy (non-hydrogen) atoms. The van der Waals surface area contributed by atoms with Crippen LogP contribution in [0, 0.1) is 0 Å². The van der Waals surface area contributed by atoms with E-state index >= 15 is 0 Å². The van der Waals surface area contributed by atoms with Gasteiger partial charge in [-0.05, 0) is 35.4 Å². The average molecular weight is 238 g/mol. The molecule has 3 N–H and O–H groups in total. The molecule has 5 nitrogen and oxygen atoms in total. The van der Waals surface area contributed by atoms with Crippen LogP contribution in [0.1, 0.15) is 10.5 Å². The van der Waals surface area contributed by atoms with Gasteiger partial charge in [0.25, 0.3) is 5.91 Å². The maximum absolute atomic E-state index is 11.1. The average Bonchev–Trinajstić information content (AvgIpc) is 2.86. The summed E-state index contributed by atoms with van der Waals surface area (Å²) in [6.45, 7) is 0. The van der Waals surface area contributed by atoms with Crippen molar-refractivity contribution in [3.63, 3.8) is 0 Å². The third kappa shape index (κ3) is 1.71. The van der Waals surface area contributed by atoms with Gasteiger partial charge >= 0.3 is 0 Å². The van der Waals surface area contributed by atoms with Gasteiger partial charge < -0.3 is 5.73 Å². The molecular weight excluding hydrogens is 228 g/mol. The normalized spacial score (nSPS) is 10.7. The van der Waals surface area contributed by atoms with Crippen molar-refractivity contribution in [2.75, 3.05) is 0 Å². The van der Waals surface area contributed by atoms with Crippen LogP contribution in [0.15, 0.2) is 42.7 Å². The quantitative estimate of drug-likeness (QED) is 0.712. The zero-order valence-corrected chi connectivity index (χ0v) is 9.42. The van der Waals surface area contributed by atoms with Gasteiger partial charge in [-0.15, -0.1) is 0 Å². The Morgan fingerprint density at radius 1 is 1.17 bits per heavy atom. The topological polar surface area (TPSA) is 84.7 Å². The molecule has 3 aromatic rings. The lowest BCUT2D eigenvalue weighted by molar-refractivity contribution is 0.0995. The SMILES string of the molecule is NC(=O)c1cc(-c2ccc3[nH]ncc3c2)ccn1. The van der Waals surface area contributed by atoms with Gasteiger partial charge in [-0.25, -0.2) is 0 Å². The molecule has 0 atom stereocenters. The molecular formula is C13H10N4O. The summed E-state index contributed by atoms with van der Waals surface area (Å²) < 4.78 is 0. The number of H-pyrrole nitrogens is 1. The van der Waals surface area contributed by atoms with Crippen LogP contribution in [0.5, 0.6) is 0 Å². The summed E-state index contributed by atoms with van der Waals surface area (Å²) in [6, 6.07) is 9.43. The van der Waals surface area contributed by atoms with Gasteiger partial charge in [0, 0.05) is 11.6 Å². The molecule has 0 radical (unpaired) electrons. The number of nitrogens with one attached hydrogen (secondary N) is 1. The summed E-state index contributed by atoms with van der Waals surface area (Å²) in [6.07, 6.45) is 3.34. The van der Waals surface area contributed by atoms with Gasteiger partial charge in [0.05, 0.1) is 11.7 Å². The molecule has 0 spiro atoms. The van der Waals surface area contributed by atoms with Gasteiger partial charge in [0.2, 0.25) is 0 Å². The molecule has 0 aliphatic carbocycles. The Morgan fingerprint density at radius 2 is 2.00 bits per heavy atom. The summed E-state index contributed by atoms with van der Waals surface area (Å²) >= 11 is 0. The number of hydrogen-bond acceptors (Lipinski definition) is 3. The maximum atomic E-state index is 11.1. The van der Waals surface area contributed by atoms with E-state index in [1.165, 1.54) is 0 Å². The number of hydrogen-bond donors (Lipinski definition) is 2. The van der Waals surface area contributed by atoms with Crippen LogP contribution in [-0.4, -0.2) is 21.1 Å². The first kappa shape index (κ1) is 10.5. The van der Waals surface area contributed by atoms with E-state index in [4.69, 9.17) is 5.73 Å². The standard InChI is InChI=1S/C13H10N4O/c14-13(18)12-6-9(3-4-15-12)8-1-2-11-10(5-8)7-16-17-11/h1-7H,(H2,14,18)(H,16,17). The van der Waals surface area contributed by atoms with Crippen LogP contribution in [0.25, 0.3) is 22.0 Å². The number of nitrogens with zero attached hydrogens (tertiary/aromatic N) is 2. The first-order chi connectivity index (χ1) is 8.74. The number of aromatic amines is 1. The second-order valence-electron chi connectivity index (χ2n) is 3.97. The van der Waals surface area contributed by atoms with Crippen molar-refractivity contribution in [3.8, 4) is 11.1 Å². The van der Waals surface area contributed by atoms with Crippen molar-refractivity contribution in [3.05, 3.63) is 48.4 Å². The minimum Gasteiger partial charge on any atom is -0.364 e. The summed E-state index contributed by atoms with van der Waals surface area (Å²) in [7, 11) is 0. The third-order valence-corrected chi connectivity index (χ3v) is 2.79. The summed E-state index contributed by atoms with van der Waals surface area (Å²) in [5.74, 6) is -0.527. The summed E-state index contributed by atoms with van der Waals surface area (Å²) in [4.78, 5) is 15.0. The second kappa shape index (κ2) is 3.96. The van der Waals surface area contributed by atoms with E-state index in [-0.39, 0.29) is 5.69 Å². The van der Waals surface area contributed by atoms with Gasteiger partial charge in [-0.1, -0.05) is 6.07 Å². The van der Waals surface area contributed by atoms with Gasteiger partial charge in [0.1, 0.15) is 5.69 Å². The van der Waals surface area contributed by atoms with Crippen LogP contribution in [-0.2, 0) is 0 Å². The predicted molar refractivity (Wildman–Crippen MR) is 67.8 cm³/mol. The Balaban J connectivity index is 2.13. The first-order valence-electron chi connectivity index (χ1n) is 5.43. The second-order valence-corrected chi connectivity index (χ2v) is 3.97. The minimum absolute atomic E-state index is 0.264. The van der Waals surface area contributed by atoms with E-state index in [0.717, 1.165) is 22.0 Å². The molecule has 0 fully saturated rings. The molecule has 2 heterocycles. The van der Waals surface area contributed by atoms with Gasteiger partial charge in [-0.2, -0.15) is 5.10 Å². The number of amides is 1. The lowest BCUT2D eigenvalue weighted by Crippen LogP contribution is -2.12. The fraction of sp³-hybridized carbons (Fsp3) is 0. The molecule has 1 amide bonds. The Kier molecular flexibility index (Phi) is 2.30. The number of primary amides is 1. The highest BCUT2D eigenvalue weighted by Crippen LogP contribution is 2.23. The van der Waals surface area contributed by atoms with Crippen molar-refractivity contribution >= 4 is 16.8 Å². The Morgan fingerprint density at radius 3 is 2.83 bits per heavy atom. The van der Waals surface area contributed by atoms with E-state index in [9.17, 15) is 4.79 Å². The number of benzene rings is 1. The van der Waals surface area contributed by atoms with Crippen LogP contribution in [0.2, 0.25) is 0 Å². The molecule has 0 saturated heterocycles. The number of rotatable bonds is 2. The lowest BCUT2D eigenvalue weighted by Gasteiger charge is -2.03. The number of fused-ring (bicyclic) bond motifs is 1. The molecule has 0 saturated carbocycles. The number of nitrogens with two attached hydrogens (primary N) is 1. The molecule has 0 aliphatic heterocycles. The van der Waals surface area contributed by atoms with Crippen molar-refractivity contribution in [1.82, 2.24) is 15.2 Å². The maximum Gasteiger partial charge on any atom is 0.267 e. The Hall–Kier alpha value is -2.69. The molecule has 88 valence electrons. The van der Waals surface area contributed by atoms with E-state index in [1.54, 1.807) is 18.5 Å². The monoisotopic (exact) mass is 238 g/mol. The molecule has 1 aromatic carbocycles. The molecule has 3 rings (SSSR count). The first-order valence-corrected chi connectivity index (χ1v) is 5.43. The Bertz CT molecular complexity index is 732. The van der Waals surface area contributed by atoms with Crippen molar-refractivity contribution < 1.29 is 4.79 Å². The van der Waals surface area contributed by atoms with Crippen LogP contribution < -0.4 is 5.73 Å². The zero-order valence-electron chi connectivity index (χ0n) is 9.42. The van der Waals surface area contributed by atoms with Crippen molar-refractivity contribution in [2.45, 2.75) is 0 Å². The van der Waals surface area contributed by atoms with E-state index in [1.807, 2.05) is 24.3 Å². The molecule has 0 unspecified atom stereocenters. The van der Waals surface area contributed by atoms with E-state index < -0.39 is 5.91 Å². The van der Waals surface area contributed by atoms with Crippen LogP contribution in [0.3, 0.4) is 0 Å². The molecule has 5 heteroatoms. The number of carbonyl (C=O) groups excluding carboxylic acids is 1. The van der Waals surface area contributed by atoms with Crippen molar-refractivity contribution in [1.29, 1.82) is 0 Å². The van der Waals surface area contributed by atoms with E-state index in [0.29, 0.717) is 0 Å². The fourth-order valence-corrected chi connectivity index (χ4v) is 1.87. The molecule has 0 aliphatic rings. The van der Waals surface area contributed by atoms with E-state index in [2.05, 4.69) is 15.2 Å². The lowest BCUT2D eigenvalue weighted by atomic mass is 10.0. The smallest absolute Gasteiger partial charge is 0.267 e. The highest BCUT2D eigenvalue weighted by atomic mass is 16.1. The zero-order chi connectivity index (χ0) is 12.5. The highest BCUT2D eigenvalue weighted by Gasteiger charge is 2.05. The third-order valence-electron chi connectivity index (χ3n) is 2.79. The highest BCUT2D eigenvalue weighted by molar-refractivity contribution is 5.92. The van der Waals surface area contributed by atoms with Crippen LogP contribution >= 0.6 is 0 Å². The Labute approximate surface area is 103 Å². The number of carbonyl (C=O) groups is 1.